The van der Waals surface area contributed by atoms with Gasteiger partial charge in [0.05, 0.1) is 0 Å². The summed E-state index contributed by atoms with van der Waals surface area (Å²) in [7, 11) is 2.05. The summed E-state index contributed by atoms with van der Waals surface area (Å²) >= 11 is 0. The second-order valence-electron chi connectivity index (χ2n) is 4.48. The van der Waals surface area contributed by atoms with E-state index in [2.05, 4.69) is 56.5 Å². The largest absolute Gasteiger partial charge is 0.316 e. The van der Waals surface area contributed by atoms with Crippen LogP contribution in [0.3, 0.4) is 0 Å². The molecule has 0 amide bonds. The molecule has 1 aromatic rings. The Bertz CT molecular complexity index is 289. The summed E-state index contributed by atoms with van der Waals surface area (Å²) in [6.07, 6.45) is 0. The first-order valence-corrected chi connectivity index (χ1v) is 4.90. The number of likely N-dealkylation sites (N-methyl/N-ethyl adjacent to an activating group) is 1. The Morgan fingerprint density at radius 1 is 1.15 bits per heavy atom. The molecule has 1 nitrogen and oxygen atoms in total. The van der Waals surface area contributed by atoms with Crippen LogP contribution in [0.2, 0.25) is 0 Å². The third kappa shape index (κ3) is 1.28. The van der Waals surface area contributed by atoms with Crippen LogP contribution in [0.15, 0.2) is 30.3 Å². The number of hydrogen-bond donors (Lipinski definition) is 1. The molecule has 0 aromatic heterocycles. The summed E-state index contributed by atoms with van der Waals surface area (Å²) in [6.45, 7) is 4.65. The van der Waals surface area contributed by atoms with Gasteiger partial charge in [0.25, 0.3) is 0 Å². The Hall–Kier alpha value is -0.820. The van der Waals surface area contributed by atoms with Crippen LogP contribution in [0.5, 0.6) is 0 Å². The number of hydrogen-bond acceptors (Lipinski definition) is 1. The van der Waals surface area contributed by atoms with Gasteiger partial charge in [0.1, 0.15) is 0 Å². The monoisotopic (exact) mass is 175 g/mol. The van der Waals surface area contributed by atoms with Crippen molar-refractivity contribution < 1.29 is 0 Å². The molecule has 0 aliphatic heterocycles. The molecule has 2 rings (SSSR count). The lowest BCUT2D eigenvalue weighted by atomic mass is 10.0. The molecule has 2 unspecified atom stereocenters. The van der Waals surface area contributed by atoms with Crippen molar-refractivity contribution in [2.24, 2.45) is 5.41 Å². The van der Waals surface area contributed by atoms with Crippen LogP contribution in [-0.4, -0.2) is 13.1 Å². The molecule has 0 radical (unpaired) electrons. The highest BCUT2D eigenvalue weighted by Gasteiger charge is 2.57. The lowest BCUT2D eigenvalue weighted by Gasteiger charge is -2.01. The van der Waals surface area contributed by atoms with Gasteiger partial charge >= 0.3 is 0 Å². The first-order chi connectivity index (χ1) is 6.18. The van der Waals surface area contributed by atoms with Gasteiger partial charge in [0.15, 0.2) is 0 Å². The van der Waals surface area contributed by atoms with Crippen LogP contribution >= 0.6 is 0 Å². The molecule has 0 heterocycles. The smallest absolute Gasteiger partial charge is 0.0196 e. The van der Waals surface area contributed by atoms with Crippen LogP contribution in [0.25, 0.3) is 0 Å². The molecule has 13 heavy (non-hydrogen) atoms. The van der Waals surface area contributed by atoms with Crippen LogP contribution in [-0.2, 0) is 0 Å². The molecule has 1 saturated carbocycles. The average molecular weight is 175 g/mol. The molecule has 1 aromatic carbocycles. The molecule has 1 N–H and O–H groups in total. The zero-order valence-electron chi connectivity index (χ0n) is 8.54. The Morgan fingerprint density at radius 2 is 1.77 bits per heavy atom. The zero-order valence-corrected chi connectivity index (χ0v) is 8.54. The van der Waals surface area contributed by atoms with E-state index in [9.17, 15) is 0 Å². The number of nitrogens with one attached hydrogen (secondary N) is 1. The normalized spacial score (nSPS) is 30.1. The third-order valence-corrected chi connectivity index (χ3v) is 3.30. The van der Waals surface area contributed by atoms with Gasteiger partial charge in [0, 0.05) is 12.0 Å². The Kier molecular flexibility index (Phi) is 1.92. The minimum Gasteiger partial charge on any atom is -0.316 e. The Morgan fingerprint density at radius 3 is 2.23 bits per heavy atom. The van der Waals surface area contributed by atoms with Gasteiger partial charge in [-0.3, -0.25) is 0 Å². The van der Waals surface area contributed by atoms with E-state index in [1.165, 1.54) is 5.56 Å². The van der Waals surface area contributed by atoms with Crippen molar-refractivity contribution in [2.45, 2.75) is 25.8 Å². The molecule has 1 heteroatoms. The van der Waals surface area contributed by atoms with Gasteiger partial charge in [0.2, 0.25) is 0 Å². The minimum atomic E-state index is 0.427. The van der Waals surface area contributed by atoms with Gasteiger partial charge in [-0.05, 0) is 18.0 Å². The highest BCUT2D eigenvalue weighted by molar-refractivity contribution is 5.34. The maximum Gasteiger partial charge on any atom is 0.0196 e. The summed E-state index contributed by atoms with van der Waals surface area (Å²) < 4.78 is 0. The fourth-order valence-electron chi connectivity index (χ4n) is 2.46. The molecule has 0 bridgehead atoms. The lowest BCUT2D eigenvalue weighted by Crippen LogP contribution is -2.14. The first-order valence-electron chi connectivity index (χ1n) is 4.90. The van der Waals surface area contributed by atoms with Gasteiger partial charge in [-0.2, -0.15) is 0 Å². The molecule has 0 saturated heterocycles. The summed E-state index contributed by atoms with van der Waals surface area (Å²) in [4.78, 5) is 0. The van der Waals surface area contributed by atoms with Crippen LogP contribution in [0.1, 0.15) is 25.3 Å². The summed E-state index contributed by atoms with van der Waals surface area (Å²) in [5.74, 6) is 0.693. The van der Waals surface area contributed by atoms with Crippen molar-refractivity contribution in [3.63, 3.8) is 0 Å². The number of benzene rings is 1. The minimum absolute atomic E-state index is 0.427. The SMILES string of the molecule is CNC1C(c2ccccc2)C1(C)C. The van der Waals surface area contributed by atoms with Crippen molar-refractivity contribution >= 4 is 0 Å². The van der Waals surface area contributed by atoms with E-state index in [1.807, 2.05) is 0 Å². The van der Waals surface area contributed by atoms with Crippen LogP contribution in [0.4, 0.5) is 0 Å². The van der Waals surface area contributed by atoms with Crippen molar-refractivity contribution in [3.8, 4) is 0 Å². The topological polar surface area (TPSA) is 12.0 Å². The fraction of sp³-hybridized carbons (Fsp3) is 0.500. The molecule has 1 fully saturated rings. The van der Waals surface area contributed by atoms with Crippen LogP contribution < -0.4 is 5.32 Å². The van der Waals surface area contributed by atoms with Crippen molar-refractivity contribution in [3.05, 3.63) is 35.9 Å². The highest BCUT2D eigenvalue weighted by Crippen LogP contribution is 2.58. The quantitative estimate of drug-likeness (QED) is 0.727. The standard InChI is InChI=1S/C12H17N/c1-12(2)10(11(12)13-3)9-7-5-4-6-8-9/h4-8,10-11,13H,1-3H3. The second-order valence-corrected chi connectivity index (χ2v) is 4.48. The third-order valence-electron chi connectivity index (χ3n) is 3.30. The maximum atomic E-state index is 3.38. The van der Waals surface area contributed by atoms with E-state index >= 15 is 0 Å². The summed E-state index contributed by atoms with van der Waals surface area (Å²) in [5.41, 5.74) is 1.89. The van der Waals surface area contributed by atoms with E-state index in [-0.39, 0.29) is 0 Å². The highest BCUT2D eigenvalue weighted by atomic mass is 15.0. The Labute approximate surface area is 80.2 Å². The molecule has 2 atom stereocenters. The molecule has 0 spiro atoms. The van der Waals surface area contributed by atoms with Crippen molar-refractivity contribution in [1.82, 2.24) is 5.32 Å². The Balaban J connectivity index is 2.22. The predicted molar refractivity (Wildman–Crippen MR) is 55.8 cm³/mol. The van der Waals surface area contributed by atoms with E-state index in [4.69, 9.17) is 0 Å². The van der Waals surface area contributed by atoms with Gasteiger partial charge in [-0.15, -0.1) is 0 Å². The van der Waals surface area contributed by atoms with Gasteiger partial charge < -0.3 is 5.32 Å². The molecular weight excluding hydrogens is 158 g/mol. The van der Waals surface area contributed by atoms with E-state index in [0.717, 1.165) is 0 Å². The molecule has 1 aliphatic rings. The van der Waals surface area contributed by atoms with Crippen molar-refractivity contribution in [2.75, 3.05) is 7.05 Å². The molecule has 70 valence electrons. The average Bonchev–Trinajstić information content (AvgIpc) is 2.69. The first kappa shape index (κ1) is 8.76. The molecule has 1 aliphatic carbocycles. The molecular formula is C12H17N. The predicted octanol–water partition coefficient (Wildman–Crippen LogP) is 2.40. The second kappa shape index (κ2) is 2.85. The van der Waals surface area contributed by atoms with Gasteiger partial charge in [-0.1, -0.05) is 44.2 Å². The fourth-order valence-corrected chi connectivity index (χ4v) is 2.46. The summed E-state index contributed by atoms with van der Waals surface area (Å²) in [6, 6.07) is 11.4. The van der Waals surface area contributed by atoms with E-state index in [0.29, 0.717) is 17.4 Å². The van der Waals surface area contributed by atoms with Crippen LogP contribution in [0, 0.1) is 5.41 Å². The summed E-state index contributed by atoms with van der Waals surface area (Å²) in [5, 5.41) is 3.38. The maximum absolute atomic E-state index is 3.38. The number of rotatable bonds is 2. The van der Waals surface area contributed by atoms with Gasteiger partial charge in [-0.25, -0.2) is 0 Å². The zero-order chi connectivity index (χ0) is 9.47. The lowest BCUT2D eigenvalue weighted by molar-refractivity contribution is 0.567. The van der Waals surface area contributed by atoms with E-state index < -0.39 is 0 Å². The van der Waals surface area contributed by atoms with Crippen molar-refractivity contribution in [1.29, 1.82) is 0 Å². The van der Waals surface area contributed by atoms with E-state index in [1.54, 1.807) is 0 Å².